The van der Waals surface area contributed by atoms with E-state index in [4.69, 9.17) is 0 Å². The Bertz CT molecular complexity index is 589. The van der Waals surface area contributed by atoms with Crippen molar-refractivity contribution in [1.29, 1.82) is 0 Å². The van der Waals surface area contributed by atoms with Crippen LogP contribution >= 0.6 is 0 Å². The molecule has 6 heteroatoms. The second kappa shape index (κ2) is 6.63. The van der Waals surface area contributed by atoms with Gasteiger partial charge in [-0.15, -0.1) is 0 Å². The summed E-state index contributed by atoms with van der Waals surface area (Å²) in [7, 11) is 1.77. The molecule has 0 saturated heterocycles. The van der Waals surface area contributed by atoms with Gasteiger partial charge in [-0.05, 0) is 42.9 Å². The zero-order valence-electron chi connectivity index (χ0n) is 11.0. The van der Waals surface area contributed by atoms with Crippen molar-refractivity contribution >= 4 is 17.4 Å². The first kappa shape index (κ1) is 14.0. The van der Waals surface area contributed by atoms with Crippen LogP contribution in [0.15, 0.2) is 42.7 Å². The van der Waals surface area contributed by atoms with Gasteiger partial charge in [-0.1, -0.05) is 0 Å². The van der Waals surface area contributed by atoms with Gasteiger partial charge < -0.3 is 16.0 Å². The van der Waals surface area contributed by atoms with Gasteiger partial charge in [-0.25, -0.2) is 9.18 Å². The van der Waals surface area contributed by atoms with Crippen LogP contribution in [0.2, 0.25) is 0 Å². The van der Waals surface area contributed by atoms with Gasteiger partial charge in [-0.3, -0.25) is 4.98 Å². The Morgan fingerprint density at radius 1 is 1.25 bits per heavy atom. The fraction of sp³-hybridized carbons (Fsp3) is 0.143. The predicted molar refractivity (Wildman–Crippen MR) is 76.0 cm³/mol. The number of rotatable bonds is 4. The summed E-state index contributed by atoms with van der Waals surface area (Å²) in [5, 5.41) is 8.12. The Labute approximate surface area is 116 Å². The molecule has 0 aliphatic carbocycles. The standard InChI is InChI=1S/C14H15FN4O/c1-16-8-10-5-11(15)7-13(6-10)19-14(20)18-12-3-2-4-17-9-12/h2-7,9,16H,8H2,1H3,(H2,18,19,20). The molecule has 3 N–H and O–H groups in total. The summed E-state index contributed by atoms with van der Waals surface area (Å²) in [6, 6.07) is 7.37. The normalized spacial score (nSPS) is 10.1. The second-order valence-electron chi connectivity index (χ2n) is 4.20. The molecule has 20 heavy (non-hydrogen) atoms. The van der Waals surface area contributed by atoms with Gasteiger partial charge in [0.25, 0.3) is 0 Å². The number of carbonyl (C=O) groups is 1. The number of aromatic nitrogens is 1. The fourth-order valence-corrected chi connectivity index (χ4v) is 1.76. The van der Waals surface area contributed by atoms with E-state index in [0.717, 1.165) is 5.56 Å². The van der Waals surface area contributed by atoms with Crippen molar-refractivity contribution in [2.45, 2.75) is 6.54 Å². The van der Waals surface area contributed by atoms with E-state index in [9.17, 15) is 9.18 Å². The van der Waals surface area contributed by atoms with Gasteiger partial charge in [0, 0.05) is 18.4 Å². The summed E-state index contributed by atoms with van der Waals surface area (Å²) >= 11 is 0. The maximum Gasteiger partial charge on any atom is 0.323 e. The number of urea groups is 1. The van der Waals surface area contributed by atoms with E-state index in [-0.39, 0.29) is 0 Å². The summed E-state index contributed by atoms with van der Waals surface area (Å²) in [5.41, 5.74) is 1.72. The van der Waals surface area contributed by atoms with Crippen LogP contribution in [0.3, 0.4) is 0 Å². The lowest BCUT2D eigenvalue weighted by Gasteiger charge is -2.09. The average Bonchev–Trinajstić information content (AvgIpc) is 2.39. The SMILES string of the molecule is CNCc1cc(F)cc(NC(=O)Nc2cccnc2)c1. The predicted octanol–water partition coefficient (Wildman–Crippen LogP) is 2.58. The lowest BCUT2D eigenvalue weighted by Crippen LogP contribution is -2.19. The maximum atomic E-state index is 13.4. The topological polar surface area (TPSA) is 66.0 Å². The van der Waals surface area contributed by atoms with E-state index in [1.165, 1.54) is 18.3 Å². The highest BCUT2D eigenvalue weighted by atomic mass is 19.1. The van der Waals surface area contributed by atoms with Crippen LogP contribution in [0.1, 0.15) is 5.56 Å². The van der Waals surface area contributed by atoms with E-state index < -0.39 is 11.8 Å². The van der Waals surface area contributed by atoms with Crippen molar-refractivity contribution in [3.8, 4) is 0 Å². The Morgan fingerprint density at radius 2 is 2.05 bits per heavy atom. The van der Waals surface area contributed by atoms with Crippen LogP contribution in [-0.4, -0.2) is 18.1 Å². The van der Waals surface area contributed by atoms with Gasteiger partial charge in [0.2, 0.25) is 0 Å². The minimum absolute atomic E-state index is 0.394. The number of carbonyl (C=O) groups excluding carboxylic acids is 1. The number of hydrogen-bond acceptors (Lipinski definition) is 3. The third-order valence-corrected chi connectivity index (χ3v) is 2.52. The first-order chi connectivity index (χ1) is 9.67. The molecule has 2 amide bonds. The Balaban J connectivity index is 2.04. The molecule has 2 aromatic rings. The van der Waals surface area contributed by atoms with Crippen molar-refractivity contribution in [2.75, 3.05) is 17.7 Å². The second-order valence-corrected chi connectivity index (χ2v) is 4.20. The first-order valence-electron chi connectivity index (χ1n) is 6.09. The number of hydrogen-bond donors (Lipinski definition) is 3. The molecule has 0 fully saturated rings. The molecule has 0 radical (unpaired) electrons. The lowest BCUT2D eigenvalue weighted by atomic mass is 10.2. The number of nitrogens with one attached hydrogen (secondary N) is 3. The smallest absolute Gasteiger partial charge is 0.316 e. The molecule has 1 aromatic heterocycles. The van der Waals surface area contributed by atoms with Gasteiger partial charge >= 0.3 is 6.03 Å². The minimum atomic E-state index is -0.445. The molecular formula is C14H15FN4O. The number of amides is 2. The van der Waals surface area contributed by atoms with Crippen LogP contribution < -0.4 is 16.0 Å². The summed E-state index contributed by atoms with van der Waals surface area (Å²) in [5.74, 6) is -0.394. The molecule has 0 unspecified atom stereocenters. The zero-order chi connectivity index (χ0) is 14.4. The molecule has 0 spiro atoms. The van der Waals surface area contributed by atoms with Gasteiger partial charge in [0.05, 0.1) is 11.9 Å². The van der Waals surface area contributed by atoms with Gasteiger partial charge in [0.15, 0.2) is 0 Å². The molecule has 2 rings (SSSR count). The molecule has 1 heterocycles. The Morgan fingerprint density at radius 3 is 2.75 bits per heavy atom. The van der Waals surface area contributed by atoms with Gasteiger partial charge in [-0.2, -0.15) is 0 Å². The molecule has 0 aliphatic heterocycles. The summed E-state index contributed by atoms with van der Waals surface area (Å²) in [6.45, 7) is 0.524. The average molecular weight is 274 g/mol. The van der Waals surface area contributed by atoms with Crippen molar-refractivity contribution in [3.63, 3.8) is 0 Å². The van der Waals surface area contributed by atoms with Crippen molar-refractivity contribution in [2.24, 2.45) is 0 Å². The van der Waals surface area contributed by atoms with Crippen LogP contribution in [0.4, 0.5) is 20.6 Å². The third kappa shape index (κ3) is 4.03. The molecule has 0 atom stereocenters. The van der Waals surface area contributed by atoms with E-state index in [0.29, 0.717) is 17.9 Å². The van der Waals surface area contributed by atoms with Crippen molar-refractivity contribution in [1.82, 2.24) is 10.3 Å². The van der Waals surface area contributed by atoms with Gasteiger partial charge in [0.1, 0.15) is 5.82 Å². The number of pyridine rings is 1. The zero-order valence-corrected chi connectivity index (χ0v) is 11.0. The van der Waals surface area contributed by atoms with Crippen LogP contribution in [-0.2, 0) is 6.54 Å². The summed E-state index contributed by atoms with van der Waals surface area (Å²) in [6.07, 6.45) is 3.14. The molecular weight excluding hydrogens is 259 g/mol. The van der Waals surface area contributed by atoms with Crippen molar-refractivity contribution in [3.05, 3.63) is 54.1 Å². The summed E-state index contributed by atoms with van der Waals surface area (Å²) < 4.78 is 13.4. The third-order valence-electron chi connectivity index (χ3n) is 2.52. The molecule has 0 aliphatic rings. The van der Waals surface area contributed by atoms with E-state index in [1.54, 1.807) is 31.4 Å². The highest BCUT2D eigenvalue weighted by Gasteiger charge is 2.05. The fourth-order valence-electron chi connectivity index (χ4n) is 1.76. The van der Waals surface area contributed by atoms with Crippen LogP contribution in [0.25, 0.3) is 0 Å². The highest BCUT2D eigenvalue weighted by Crippen LogP contribution is 2.14. The van der Waals surface area contributed by atoms with E-state index in [1.807, 2.05) is 0 Å². The number of halogens is 1. The maximum absolute atomic E-state index is 13.4. The van der Waals surface area contributed by atoms with Crippen LogP contribution in [0, 0.1) is 5.82 Å². The molecule has 0 bridgehead atoms. The lowest BCUT2D eigenvalue weighted by molar-refractivity contribution is 0.262. The number of anilines is 2. The van der Waals surface area contributed by atoms with E-state index >= 15 is 0 Å². The molecule has 5 nitrogen and oxygen atoms in total. The quantitative estimate of drug-likeness (QED) is 0.802. The Hall–Kier alpha value is -2.47. The van der Waals surface area contributed by atoms with E-state index in [2.05, 4.69) is 20.9 Å². The minimum Gasteiger partial charge on any atom is -0.316 e. The number of benzene rings is 1. The largest absolute Gasteiger partial charge is 0.323 e. The van der Waals surface area contributed by atoms with Crippen LogP contribution in [0.5, 0.6) is 0 Å². The number of nitrogens with zero attached hydrogens (tertiary/aromatic N) is 1. The molecule has 0 saturated carbocycles. The monoisotopic (exact) mass is 274 g/mol. The highest BCUT2D eigenvalue weighted by molar-refractivity contribution is 5.99. The molecule has 104 valence electrons. The first-order valence-corrected chi connectivity index (χ1v) is 6.09. The summed E-state index contributed by atoms with van der Waals surface area (Å²) in [4.78, 5) is 15.7. The Kier molecular flexibility index (Phi) is 4.62. The van der Waals surface area contributed by atoms with Crippen molar-refractivity contribution < 1.29 is 9.18 Å². The molecule has 1 aromatic carbocycles.